The molecule has 3 rings (SSSR count). The molecule has 1 aliphatic rings. The lowest BCUT2D eigenvalue weighted by atomic mass is 10.0. The van der Waals surface area contributed by atoms with Crippen molar-refractivity contribution in [1.29, 1.82) is 0 Å². The average molecular weight is 386 g/mol. The first kappa shape index (κ1) is 19.3. The molecule has 1 N–H and O–H groups in total. The highest BCUT2D eigenvalue weighted by molar-refractivity contribution is 7.17. The minimum Gasteiger partial charge on any atom is -0.462 e. The molecule has 0 fully saturated rings. The highest BCUT2D eigenvalue weighted by Crippen LogP contribution is 2.37. The van der Waals surface area contributed by atoms with Gasteiger partial charge in [-0.25, -0.2) is 4.79 Å². The Hall–Kier alpha value is -2.51. The smallest absolute Gasteiger partial charge is 0.341 e. The van der Waals surface area contributed by atoms with Crippen molar-refractivity contribution in [1.82, 2.24) is 4.90 Å². The number of nitrogens with one attached hydrogen (secondary N) is 1. The molecule has 0 saturated carbocycles. The number of carbonyl (C=O) groups is 3. The Balaban J connectivity index is 1.90. The second-order valence-corrected chi connectivity index (χ2v) is 7.61. The number of amides is 1. The van der Waals surface area contributed by atoms with Gasteiger partial charge in [-0.05, 0) is 45.0 Å². The van der Waals surface area contributed by atoms with Gasteiger partial charge < -0.3 is 15.0 Å². The van der Waals surface area contributed by atoms with E-state index in [9.17, 15) is 14.4 Å². The molecule has 27 heavy (non-hydrogen) atoms. The molecule has 7 heteroatoms. The summed E-state index contributed by atoms with van der Waals surface area (Å²) < 4.78 is 5.21. The van der Waals surface area contributed by atoms with Crippen LogP contribution in [0.15, 0.2) is 24.3 Å². The predicted octanol–water partition coefficient (Wildman–Crippen LogP) is 3.37. The van der Waals surface area contributed by atoms with Gasteiger partial charge in [0.25, 0.3) is 5.91 Å². The molecule has 0 spiro atoms. The van der Waals surface area contributed by atoms with Gasteiger partial charge in [-0.2, -0.15) is 0 Å². The number of ketones is 1. The molecule has 2 heterocycles. The van der Waals surface area contributed by atoms with Crippen molar-refractivity contribution in [3.05, 3.63) is 51.4 Å². The Morgan fingerprint density at radius 3 is 2.48 bits per heavy atom. The highest BCUT2D eigenvalue weighted by Gasteiger charge is 2.28. The number of ether oxygens (including phenoxy) is 1. The molecule has 0 atom stereocenters. The van der Waals surface area contributed by atoms with Crippen molar-refractivity contribution >= 4 is 34.0 Å². The third-order valence-electron chi connectivity index (χ3n) is 4.51. The second-order valence-electron chi connectivity index (χ2n) is 6.50. The van der Waals surface area contributed by atoms with Crippen molar-refractivity contribution in [3.63, 3.8) is 0 Å². The number of carbonyl (C=O) groups excluding carboxylic acids is 3. The minimum atomic E-state index is -0.401. The molecule has 0 saturated heterocycles. The van der Waals surface area contributed by atoms with Crippen LogP contribution in [0.25, 0.3) is 0 Å². The van der Waals surface area contributed by atoms with Crippen molar-refractivity contribution < 1.29 is 19.1 Å². The van der Waals surface area contributed by atoms with Crippen LogP contribution in [0.2, 0.25) is 0 Å². The van der Waals surface area contributed by atoms with E-state index in [2.05, 4.69) is 10.2 Å². The van der Waals surface area contributed by atoms with Crippen LogP contribution >= 0.6 is 11.3 Å². The summed E-state index contributed by atoms with van der Waals surface area (Å²) in [5, 5.41) is 3.38. The molecule has 1 amide bonds. The number of hydrogen-bond donors (Lipinski definition) is 1. The largest absolute Gasteiger partial charge is 0.462 e. The Kier molecular flexibility index (Phi) is 5.72. The van der Waals surface area contributed by atoms with E-state index in [1.54, 1.807) is 31.2 Å². The fourth-order valence-electron chi connectivity index (χ4n) is 3.07. The minimum absolute atomic E-state index is 0.0541. The van der Waals surface area contributed by atoms with Gasteiger partial charge in [-0.1, -0.05) is 12.1 Å². The van der Waals surface area contributed by atoms with E-state index in [-0.39, 0.29) is 18.3 Å². The van der Waals surface area contributed by atoms with Crippen molar-refractivity contribution in [2.45, 2.75) is 26.8 Å². The van der Waals surface area contributed by atoms with Gasteiger partial charge in [0.2, 0.25) is 0 Å². The van der Waals surface area contributed by atoms with Gasteiger partial charge in [-0.15, -0.1) is 11.3 Å². The zero-order valence-electron chi connectivity index (χ0n) is 15.6. The number of benzene rings is 1. The normalized spacial score (nSPS) is 13.7. The van der Waals surface area contributed by atoms with Crippen LogP contribution in [-0.2, 0) is 17.7 Å². The molecule has 1 aliphatic heterocycles. The van der Waals surface area contributed by atoms with Crippen molar-refractivity contribution in [2.75, 3.05) is 25.5 Å². The van der Waals surface area contributed by atoms with E-state index < -0.39 is 5.97 Å². The fraction of sp³-hybridized carbons (Fsp3) is 0.350. The molecule has 0 unspecified atom stereocenters. The summed E-state index contributed by atoms with van der Waals surface area (Å²) in [5.41, 5.74) is 2.42. The summed E-state index contributed by atoms with van der Waals surface area (Å²) in [6, 6.07) is 6.46. The molecule has 1 aromatic heterocycles. The van der Waals surface area contributed by atoms with Gasteiger partial charge in [0.15, 0.2) is 5.78 Å². The van der Waals surface area contributed by atoms with Gasteiger partial charge in [0, 0.05) is 29.1 Å². The first-order chi connectivity index (χ1) is 12.9. The second kappa shape index (κ2) is 8.02. The lowest BCUT2D eigenvalue weighted by molar-refractivity contribution is 0.0526. The predicted molar refractivity (Wildman–Crippen MR) is 105 cm³/mol. The zero-order chi connectivity index (χ0) is 19.6. The summed E-state index contributed by atoms with van der Waals surface area (Å²) in [6.07, 6.45) is 0.750. The molecule has 6 nitrogen and oxygen atoms in total. The van der Waals surface area contributed by atoms with Gasteiger partial charge in [0.05, 0.1) is 12.2 Å². The van der Waals surface area contributed by atoms with Crippen molar-refractivity contribution in [3.8, 4) is 0 Å². The maximum atomic E-state index is 12.7. The van der Waals surface area contributed by atoms with Crippen LogP contribution in [0.1, 0.15) is 55.4 Å². The van der Waals surface area contributed by atoms with E-state index in [1.165, 1.54) is 18.3 Å². The van der Waals surface area contributed by atoms with E-state index in [1.807, 2.05) is 7.05 Å². The maximum absolute atomic E-state index is 12.7. The molecular formula is C20H22N2O4S. The van der Waals surface area contributed by atoms with Crippen LogP contribution in [0, 0.1) is 0 Å². The Labute approximate surface area is 162 Å². The van der Waals surface area contributed by atoms with Crippen LogP contribution < -0.4 is 5.32 Å². The van der Waals surface area contributed by atoms with E-state index in [0.29, 0.717) is 21.7 Å². The maximum Gasteiger partial charge on any atom is 0.341 e. The van der Waals surface area contributed by atoms with Crippen LogP contribution in [0.3, 0.4) is 0 Å². The molecule has 0 radical (unpaired) electrons. The summed E-state index contributed by atoms with van der Waals surface area (Å²) in [6.45, 7) is 5.13. The Morgan fingerprint density at radius 2 is 1.85 bits per heavy atom. The number of hydrogen-bond acceptors (Lipinski definition) is 6. The van der Waals surface area contributed by atoms with Crippen LogP contribution in [0.4, 0.5) is 5.00 Å². The number of esters is 1. The highest BCUT2D eigenvalue weighted by atomic mass is 32.1. The number of fused-ring (bicyclic) bond motifs is 1. The average Bonchev–Trinajstić information content (AvgIpc) is 2.98. The molecule has 142 valence electrons. The van der Waals surface area contributed by atoms with Crippen molar-refractivity contribution in [2.24, 2.45) is 0 Å². The van der Waals surface area contributed by atoms with Crippen LogP contribution in [-0.4, -0.2) is 42.8 Å². The molecular weight excluding hydrogens is 364 g/mol. The number of nitrogens with zero attached hydrogens (tertiary/aromatic N) is 1. The van der Waals surface area contributed by atoms with E-state index >= 15 is 0 Å². The Bertz CT molecular complexity index is 886. The summed E-state index contributed by atoms with van der Waals surface area (Å²) in [7, 11) is 2.03. The third-order valence-corrected chi connectivity index (χ3v) is 5.64. The van der Waals surface area contributed by atoms with Gasteiger partial charge >= 0.3 is 5.97 Å². The van der Waals surface area contributed by atoms with Crippen LogP contribution in [0.5, 0.6) is 0 Å². The number of likely N-dealkylation sites (N-methyl/N-ethyl adjacent to an activating group) is 1. The quantitative estimate of drug-likeness (QED) is 0.630. The number of anilines is 1. The zero-order valence-corrected chi connectivity index (χ0v) is 16.4. The first-order valence-corrected chi connectivity index (χ1v) is 9.65. The lowest BCUT2D eigenvalue weighted by Gasteiger charge is -2.22. The summed E-state index contributed by atoms with van der Waals surface area (Å²) >= 11 is 1.42. The number of rotatable bonds is 5. The summed E-state index contributed by atoms with van der Waals surface area (Å²) in [4.78, 5) is 39.8. The molecule has 0 aliphatic carbocycles. The monoisotopic (exact) mass is 386 g/mol. The topological polar surface area (TPSA) is 75.7 Å². The molecule has 2 aromatic rings. The first-order valence-electron chi connectivity index (χ1n) is 8.83. The van der Waals surface area contributed by atoms with Gasteiger partial charge in [-0.3, -0.25) is 9.59 Å². The Morgan fingerprint density at radius 1 is 1.19 bits per heavy atom. The number of Topliss-reactive ketones (excluding diaryl/α,β-unsaturated/α-hetero) is 1. The standard InChI is InChI=1S/C20H22N2O4S/c1-4-26-20(25)17-15-9-10-22(3)11-16(15)27-19(17)21-18(24)14-7-5-13(6-8-14)12(2)23/h5-8H,4,9-11H2,1-3H3,(H,21,24). The number of thiophene rings is 1. The fourth-order valence-corrected chi connectivity index (χ4v) is 4.38. The summed E-state index contributed by atoms with van der Waals surface area (Å²) in [5.74, 6) is -0.772. The van der Waals surface area contributed by atoms with Gasteiger partial charge in [0.1, 0.15) is 5.00 Å². The van der Waals surface area contributed by atoms with E-state index in [4.69, 9.17) is 4.74 Å². The third kappa shape index (κ3) is 4.09. The van der Waals surface area contributed by atoms with E-state index in [0.717, 1.165) is 30.0 Å². The lowest BCUT2D eigenvalue weighted by Crippen LogP contribution is -2.26. The SMILES string of the molecule is CCOC(=O)c1c(NC(=O)c2ccc(C(C)=O)cc2)sc2c1CCN(C)C2. The molecule has 1 aromatic carbocycles. The molecule has 0 bridgehead atoms.